The standard InChI is InChI=1S/C15H20N2O3/c1-2-3-10-4-5-17(8-10)15(18)11-6-13-14(7-12(11)16)20-9-19-13/h6-7,10H,2-5,8-9,16H2,1H3. The number of benzene rings is 1. The van der Waals surface area contributed by atoms with E-state index in [1.807, 2.05) is 4.90 Å². The molecule has 1 atom stereocenters. The zero-order valence-electron chi connectivity index (χ0n) is 11.7. The van der Waals surface area contributed by atoms with Crippen LogP contribution in [0.1, 0.15) is 36.5 Å². The Labute approximate surface area is 118 Å². The van der Waals surface area contributed by atoms with Gasteiger partial charge >= 0.3 is 0 Å². The number of amides is 1. The molecular formula is C15H20N2O3. The first-order valence-electron chi connectivity index (χ1n) is 7.17. The molecule has 1 aromatic carbocycles. The molecule has 108 valence electrons. The Morgan fingerprint density at radius 3 is 2.90 bits per heavy atom. The molecule has 2 N–H and O–H groups in total. The third-order valence-corrected chi connectivity index (χ3v) is 4.05. The van der Waals surface area contributed by atoms with Crippen LogP contribution in [0.25, 0.3) is 0 Å². The molecule has 0 spiro atoms. The van der Waals surface area contributed by atoms with Crippen LogP contribution >= 0.6 is 0 Å². The van der Waals surface area contributed by atoms with E-state index in [0.29, 0.717) is 28.7 Å². The summed E-state index contributed by atoms with van der Waals surface area (Å²) in [6.45, 7) is 4.02. The zero-order chi connectivity index (χ0) is 14.1. The molecule has 1 fully saturated rings. The first-order valence-corrected chi connectivity index (χ1v) is 7.17. The monoisotopic (exact) mass is 276 g/mol. The number of nitrogens with zero attached hydrogens (tertiary/aromatic N) is 1. The van der Waals surface area contributed by atoms with E-state index < -0.39 is 0 Å². The summed E-state index contributed by atoms with van der Waals surface area (Å²) in [6, 6.07) is 3.38. The minimum atomic E-state index is -0.000553. The minimum Gasteiger partial charge on any atom is -0.454 e. The number of ether oxygens (including phenoxy) is 2. The lowest BCUT2D eigenvalue weighted by atomic mass is 10.0. The summed E-state index contributed by atoms with van der Waals surface area (Å²) in [5, 5.41) is 0. The molecule has 2 aliphatic heterocycles. The number of carbonyl (C=O) groups excluding carboxylic acids is 1. The molecule has 20 heavy (non-hydrogen) atoms. The Hall–Kier alpha value is -1.91. The fourth-order valence-electron chi connectivity index (χ4n) is 2.97. The van der Waals surface area contributed by atoms with E-state index >= 15 is 0 Å². The maximum Gasteiger partial charge on any atom is 0.256 e. The second-order valence-corrected chi connectivity index (χ2v) is 5.49. The van der Waals surface area contributed by atoms with E-state index in [0.717, 1.165) is 19.5 Å². The van der Waals surface area contributed by atoms with Gasteiger partial charge in [-0.25, -0.2) is 0 Å². The second-order valence-electron chi connectivity index (χ2n) is 5.49. The van der Waals surface area contributed by atoms with Gasteiger partial charge in [0.2, 0.25) is 6.79 Å². The average molecular weight is 276 g/mol. The van der Waals surface area contributed by atoms with Crippen LogP contribution in [-0.2, 0) is 0 Å². The lowest BCUT2D eigenvalue weighted by Crippen LogP contribution is -2.29. The summed E-state index contributed by atoms with van der Waals surface area (Å²) >= 11 is 0. The SMILES string of the molecule is CCCC1CCN(C(=O)c2cc3c(cc2N)OCO3)C1. The molecule has 0 aromatic heterocycles. The highest BCUT2D eigenvalue weighted by Gasteiger charge is 2.28. The van der Waals surface area contributed by atoms with E-state index in [1.54, 1.807) is 12.1 Å². The minimum absolute atomic E-state index is 0.000553. The maximum absolute atomic E-state index is 12.6. The van der Waals surface area contributed by atoms with E-state index in [2.05, 4.69) is 6.92 Å². The third kappa shape index (κ3) is 2.28. The van der Waals surface area contributed by atoms with Crippen LogP contribution in [0.4, 0.5) is 5.69 Å². The summed E-state index contributed by atoms with van der Waals surface area (Å²) < 4.78 is 10.6. The predicted octanol–water partition coefficient (Wildman–Crippen LogP) is 2.26. The van der Waals surface area contributed by atoms with Gasteiger partial charge in [-0.05, 0) is 24.8 Å². The fourth-order valence-corrected chi connectivity index (χ4v) is 2.97. The van der Waals surface area contributed by atoms with Gasteiger partial charge in [-0.15, -0.1) is 0 Å². The van der Waals surface area contributed by atoms with Crippen molar-refractivity contribution in [2.24, 2.45) is 5.92 Å². The lowest BCUT2D eigenvalue weighted by Gasteiger charge is -2.18. The molecule has 0 bridgehead atoms. The van der Waals surface area contributed by atoms with E-state index in [-0.39, 0.29) is 12.7 Å². The van der Waals surface area contributed by atoms with Crippen LogP contribution in [0.3, 0.4) is 0 Å². The molecule has 2 aliphatic rings. The molecule has 1 saturated heterocycles. The van der Waals surface area contributed by atoms with E-state index in [4.69, 9.17) is 15.2 Å². The third-order valence-electron chi connectivity index (χ3n) is 4.05. The smallest absolute Gasteiger partial charge is 0.256 e. The predicted molar refractivity (Wildman–Crippen MR) is 75.9 cm³/mol. The zero-order valence-corrected chi connectivity index (χ0v) is 11.7. The van der Waals surface area contributed by atoms with Gasteiger partial charge in [0.1, 0.15) is 0 Å². The number of fused-ring (bicyclic) bond motifs is 1. The van der Waals surface area contributed by atoms with Crippen LogP contribution in [0.15, 0.2) is 12.1 Å². The van der Waals surface area contributed by atoms with Gasteiger partial charge in [-0.3, -0.25) is 4.79 Å². The van der Waals surface area contributed by atoms with E-state index in [1.165, 1.54) is 12.8 Å². The molecule has 0 saturated carbocycles. The van der Waals surface area contributed by atoms with Gasteiger partial charge in [-0.2, -0.15) is 0 Å². The topological polar surface area (TPSA) is 64.8 Å². The lowest BCUT2D eigenvalue weighted by molar-refractivity contribution is 0.0787. The number of hydrogen-bond acceptors (Lipinski definition) is 4. The van der Waals surface area contributed by atoms with Crippen LogP contribution in [-0.4, -0.2) is 30.7 Å². The maximum atomic E-state index is 12.6. The van der Waals surface area contributed by atoms with Gasteiger partial charge < -0.3 is 20.1 Å². The Morgan fingerprint density at radius 2 is 2.15 bits per heavy atom. The van der Waals surface area contributed by atoms with Crippen molar-refractivity contribution in [2.75, 3.05) is 25.6 Å². The first-order chi connectivity index (χ1) is 9.69. The van der Waals surface area contributed by atoms with Gasteiger partial charge in [0, 0.05) is 24.8 Å². The van der Waals surface area contributed by atoms with Crippen molar-refractivity contribution in [3.8, 4) is 11.5 Å². The van der Waals surface area contributed by atoms with Crippen molar-refractivity contribution in [3.63, 3.8) is 0 Å². The molecule has 5 nitrogen and oxygen atoms in total. The van der Waals surface area contributed by atoms with Gasteiger partial charge in [-0.1, -0.05) is 13.3 Å². The number of carbonyl (C=O) groups is 1. The number of anilines is 1. The number of hydrogen-bond donors (Lipinski definition) is 1. The number of nitrogens with two attached hydrogens (primary N) is 1. The van der Waals surface area contributed by atoms with Crippen LogP contribution < -0.4 is 15.2 Å². The Bertz CT molecular complexity index is 530. The van der Waals surface area contributed by atoms with Crippen molar-refractivity contribution < 1.29 is 14.3 Å². The molecule has 1 aromatic rings. The fraction of sp³-hybridized carbons (Fsp3) is 0.533. The molecule has 1 amide bonds. The highest BCUT2D eigenvalue weighted by Crippen LogP contribution is 2.36. The Kier molecular flexibility index (Phi) is 3.42. The first kappa shape index (κ1) is 13.1. The van der Waals surface area contributed by atoms with E-state index in [9.17, 15) is 4.79 Å². The van der Waals surface area contributed by atoms with Crippen molar-refractivity contribution in [2.45, 2.75) is 26.2 Å². The van der Waals surface area contributed by atoms with Crippen molar-refractivity contribution in [1.29, 1.82) is 0 Å². The average Bonchev–Trinajstić information content (AvgIpc) is 3.06. The molecule has 0 aliphatic carbocycles. The number of nitrogen functional groups attached to an aromatic ring is 1. The van der Waals surface area contributed by atoms with Crippen LogP contribution in [0.2, 0.25) is 0 Å². The second kappa shape index (κ2) is 5.23. The number of likely N-dealkylation sites (tertiary alicyclic amines) is 1. The highest BCUT2D eigenvalue weighted by atomic mass is 16.7. The van der Waals surface area contributed by atoms with Gasteiger partial charge in [0.15, 0.2) is 11.5 Å². The van der Waals surface area contributed by atoms with Crippen LogP contribution in [0, 0.1) is 5.92 Å². The summed E-state index contributed by atoms with van der Waals surface area (Å²) in [7, 11) is 0. The van der Waals surface area contributed by atoms with Crippen molar-refractivity contribution in [3.05, 3.63) is 17.7 Å². The summed E-state index contributed by atoms with van der Waals surface area (Å²) in [5.74, 6) is 1.84. The molecule has 3 rings (SSSR count). The summed E-state index contributed by atoms with van der Waals surface area (Å²) in [6.07, 6.45) is 3.43. The largest absolute Gasteiger partial charge is 0.454 e. The van der Waals surface area contributed by atoms with Crippen molar-refractivity contribution in [1.82, 2.24) is 4.90 Å². The van der Waals surface area contributed by atoms with Crippen molar-refractivity contribution >= 4 is 11.6 Å². The van der Waals surface area contributed by atoms with Gasteiger partial charge in [0.25, 0.3) is 5.91 Å². The summed E-state index contributed by atoms with van der Waals surface area (Å²) in [4.78, 5) is 14.5. The van der Waals surface area contributed by atoms with Crippen LogP contribution in [0.5, 0.6) is 11.5 Å². The highest BCUT2D eigenvalue weighted by molar-refractivity contribution is 6.00. The molecule has 1 unspecified atom stereocenters. The molecule has 2 heterocycles. The summed E-state index contributed by atoms with van der Waals surface area (Å²) in [5.41, 5.74) is 6.95. The molecular weight excluding hydrogens is 256 g/mol. The normalized spacial score (nSPS) is 20.4. The van der Waals surface area contributed by atoms with Gasteiger partial charge in [0.05, 0.1) is 5.56 Å². The quantitative estimate of drug-likeness (QED) is 0.860. The Balaban J connectivity index is 1.78. The number of rotatable bonds is 3. The molecule has 0 radical (unpaired) electrons. The molecule has 5 heteroatoms. The Morgan fingerprint density at radius 1 is 1.40 bits per heavy atom.